The van der Waals surface area contributed by atoms with Crippen molar-refractivity contribution in [3.8, 4) is 0 Å². The summed E-state index contributed by atoms with van der Waals surface area (Å²) in [6, 6.07) is 0. The van der Waals surface area contributed by atoms with Crippen molar-refractivity contribution in [2.75, 3.05) is 0 Å². The zero-order valence-electron chi connectivity index (χ0n) is 5.57. The van der Waals surface area contributed by atoms with Gasteiger partial charge in [-0.05, 0) is 6.08 Å². The van der Waals surface area contributed by atoms with Gasteiger partial charge in [0.05, 0.1) is 10.5 Å². The van der Waals surface area contributed by atoms with Gasteiger partial charge in [0.1, 0.15) is 0 Å². The minimum absolute atomic E-state index is 0.0235. The summed E-state index contributed by atoms with van der Waals surface area (Å²) in [6.45, 7) is 0. The van der Waals surface area contributed by atoms with Gasteiger partial charge in [-0.2, -0.15) is 0 Å². The largest absolute Gasteiger partial charge is 0.478 e. The Bertz CT molecular complexity index is 275. The van der Waals surface area contributed by atoms with E-state index >= 15 is 0 Å². The number of carbonyl (C=O) groups is 2. The molecule has 0 aliphatic heterocycles. The Labute approximate surface area is 68.8 Å². The SMILES string of the molecule is O=C(O)C1=C(S)C(=O)CC=C1. The van der Waals surface area contributed by atoms with Crippen molar-refractivity contribution in [1.82, 2.24) is 0 Å². The number of hydrogen-bond donors (Lipinski definition) is 2. The molecule has 3 nitrogen and oxygen atoms in total. The van der Waals surface area contributed by atoms with E-state index in [9.17, 15) is 9.59 Å². The van der Waals surface area contributed by atoms with Crippen molar-refractivity contribution in [1.29, 1.82) is 0 Å². The van der Waals surface area contributed by atoms with Crippen molar-refractivity contribution < 1.29 is 14.7 Å². The number of carboxylic acids is 1. The van der Waals surface area contributed by atoms with E-state index in [1.807, 2.05) is 0 Å². The van der Waals surface area contributed by atoms with E-state index in [4.69, 9.17) is 5.11 Å². The highest BCUT2D eigenvalue weighted by atomic mass is 32.1. The third kappa shape index (κ3) is 1.51. The number of rotatable bonds is 1. The molecule has 58 valence electrons. The van der Waals surface area contributed by atoms with Gasteiger partial charge < -0.3 is 5.11 Å². The van der Waals surface area contributed by atoms with Gasteiger partial charge >= 0.3 is 5.97 Å². The van der Waals surface area contributed by atoms with Crippen molar-refractivity contribution in [3.63, 3.8) is 0 Å². The first-order chi connectivity index (χ1) is 5.13. The third-order valence-electron chi connectivity index (χ3n) is 1.34. The highest BCUT2D eigenvalue weighted by Gasteiger charge is 2.17. The number of Topliss-reactive ketones (excluding diaryl/α,β-unsaturated/α-hetero) is 1. The molecule has 1 aliphatic carbocycles. The maximum absolute atomic E-state index is 10.9. The Kier molecular flexibility index (Phi) is 2.14. The predicted molar refractivity (Wildman–Crippen MR) is 42.4 cm³/mol. The van der Waals surface area contributed by atoms with Crippen LogP contribution < -0.4 is 0 Å². The van der Waals surface area contributed by atoms with Crippen LogP contribution in [0.3, 0.4) is 0 Å². The standard InChI is InChI=1S/C7H6O3S/c8-5-3-1-2-4(6(5)11)7(9)10/h1-2,11H,3H2,(H,9,10). The number of carbonyl (C=O) groups excluding carboxylic acids is 1. The summed E-state index contributed by atoms with van der Waals surface area (Å²) in [5.74, 6) is -1.35. The van der Waals surface area contributed by atoms with Gasteiger partial charge in [-0.1, -0.05) is 6.08 Å². The van der Waals surface area contributed by atoms with E-state index in [0.29, 0.717) is 0 Å². The molecule has 0 aromatic rings. The van der Waals surface area contributed by atoms with E-state index < -0.39 is 5.97 Å². The van der Waals surface area contributed by atoms with Gasteiger partial charge in [0.25, 0.3) is 0 Å². The first kappa shape index (κ1) is 8.07. The highest BCUT2D eigenvalue weighted by Crippen LogP contribution is 2.18. The van der Waals surface area contributed by atoms with Gasteiger partial charge in [0.15, 0.2) is 5.78 Å². The van der Waals surface area contributed by atoms with Crippen molar-refractivity contribution in [2.24, 2.45) is 0 Å². The molecular formula is C7H6O3S. The second kappa shape index (κ2) is 2.92. The third-order valence-corrected chi connectivity index (χ3v) is 1.83. The van der Waals surface area contributed by atoms with Crippen LogP contribution in [-0.4, -0.2) is 16.9 Å². The molecule has 0 aromatic heterocycles. The van der Waals surface area contributed by atoms with Crippen molar-refractivity contribution in [2.45, 2.75) is 6.42 Å². The number of ketones is 1. The van der Waals surface area contributed by atoms with Crippen LogP contribution in [-0.2, 0) is 9.59 Å². The molecule has 4 heteroatoms. The lowest BCUT2D eigenvalue weighted by Crippen LogP contribution is -2.09. The van der Waals surface area contributed by atoms with Crippen LogP contribution in [0.15, 0.2) is 22.6 Å². The smallest absolute Gasteiger partial charge is 0.336 e. The lowest BCUT2D eigenvalue weighted by Gasteiger charge is -2.05. The number of hydrogen-bond acceptors (Lipinski definition) is 3. The molecule has 0 saturated carbocycles. The monoisotopic (exact) mass is 170 g/mol. The summed E-state index contributed by atoms with van der Waals surface area (Å²) in [4.78, 5) is 21.3. The zero-order valence-corrected chi connectivity index (χ0v) is 6.47. The number of allylic oxidation sites excluding steroid dienone is 2. The zero-order chi connectivity index (χ0) is 8.43. The minimum atomic E-state index is -1.11. The van der Waals surface area contributed by atoms with E-state index in [0.717, 1.165) is 0 Å². The van der Waals surface area contributed by atoms with Crippen molar-refractivity contribution >= 4 is 24.4 Å². The van der Waals surface area contributed by atoms with E-state index in [1.54, 1.807) is 0 Å². The summed E-state index contributed by atoms with van der Waals surface area (Å²) in [5, 5.41) is 8.52. The fraction of sp³-hybridized carbons (Fsp3) is 0.143. The average molecular weight is 170 g/mol. The van der Waals surface area contributed by atoms with Crippen LogP contribution in [0.1, 0.15) is 6.42 Å². The second-order valence-corrected chi connectivity index (χ2v) is 2.54. The van der Waals surface area contributed by atoms with Crippen LogP contribution in [0.2, 0.25) is 0 Å². The molecular weight excluding hydrogens is 164 g/mol. The molecule has 1 N–H and O–H groups in total. The molecule has 0 atom stereocenters. The first-order valence-electron chi connectivity index (χ1n) is 2.99. The molecule has 0 amide bonds. The van der Waals surface area contributed by atoms with Crippen LogP contribution in [0.25, 0.3) is 0 Å². The highest BCUT2D eigenvalue weighted by molar-refractivity contribution is 7.85. The first-order valence-corrected chi connectivity index (χ1v) is 3.44. The molecule has 0 radical (unpaired) electrons. The quantitative estimate of drug-likeness (QED) is 0.572. The lowest BCUT2D eigenvalue weighted by atomic mass is 10.1. The molecule has 0 saturated heterocycles. The van der Waals surface area contributed by atoms with E-state index in [-0.39, 0.29) is 22.7 Å². The van der Waals surface area contributed by atoms with Gasteiger partial charge in [-0.3, -0.25) is 4.79 Å². The molecule has 0 aromatic carbocycles. The predicted octanol–water partition coefficient (Wildman–Crippen LogP) is 0.784. The molecule has 1 aliphatic rings. The second-order valence-electron chi connectivity index (χ2n) is 2.10. The summed E-state index contributed by atoms with van der Waals surface area (Å²) in [5.41, 5.74) is -0.0235. The Morgan fingerprint density at radius 2 is 2.27 bits per heavy atom. The minimum Gasteiger partial charge on any atom is -0.478 e. The normalized spacial score (nSPS) is 17.4. The maximum atomic E-state index is 10.9. The molecule has 0 bridgehead atoms. The number of aliphatic carboxylic acids is 1. The molecule has 0 heterocycles. The fourth-order valence-corrected chi connectivity index (χ4v) is 1.04. The Morgan fingerprint density at radius 3 is 2.73 bits per heavy atom. The summed E-state index contributed by atoms with van der Waals surface area (Å²) in [6.07, 6.45) is 3.16. The van der Waals surface area contributed by atoms with Gasteiger partial charge in [0, 0.05) is 6.42 Å². The summed E-state index contributed by atoms with van der Waals surface area (Å²) < 4.78 is 0. The summed E-state index contributed by atoms with van der Waals surface area (Å²) in [7, 11) is 0. The molecule has 0 unspecified atom stereocenters. The summed E-state index contributed by atoms with van der Waals surface area (Å²) >= 11 is 3.79. The number of thiol groups is 1. The van der Waals surface area contributed by atoms with Crippen LogP contribution >= 0.6 is 12.6 Å². The topological polar surface area (TPSA) is 54.4 Å². The molecule has 1 rings (SSSR count). The molecule has 0 fully saturated rings. The average Bonchev–Trinajstić information content (AvgIpc) is 1.94. The van der Waals surface area contributed by atoms with Gasteiger partial charge in [-0.25, -0.2) is 4.79 Å². The lowest BCUT2D eigenvalue weighted by molar-refractivity contribution is -0.132. The fourth-order valence-electron chi connectivity index (χ4n) is 0.782. The maximum Gasteiger partial charge on any atom is 0.336 e. The van der Waals surface area contributed by atoms with Gasteiger partial charge in [-0.15, -0.1) is 12.6 Å². The molecule has 11 heavy (non-hydrogen) atoms. The van der Waals surface area contributed by atoms with E-state index in [2.05, 4.69) is 12.6 Å². The number of carboxylic acid groups (broad SMARTS) is 1. The van der Waals surface area contributed by atoms with Crippen molar-refractivity contribution in [3.05, 3.63) is 22.6 Å². The van der Waals surface area contributed by atoms with Crippen LogP contribution in [0, 0.1) is 0 Å². The Hall–Kier alpha value is -1.03. The Balaban J connectivity index is 3.08. The van der Waals surface area contributed by atoms with Crippen LogP contribution in [0.5, 0.6) is 0 Å². The van der Waals surface area contributed by atoms with Gasteiger partial charge in [0.2, 0.25) is 0 Å². The molecule has 0 spiro atoms. The van der Waals surface area contributed by atoms with Crippen LogP contribution in [0.4, 0.5) is 0 Å². The van der Waals surface area contributed by atoms with E-state index in [1.165, 1.54) is 12.2 Å². The Morgan fingerprint density at radius 1 is 1.64 bits per heavy atom.